The van der Waals surface area contributed by atoms with Gasteiger partial charge in [-0.2, -0.15) is 5.06 Å². The van der Waals surface area contributed by atoms with Crippen molar-refractivity contribution >= 4 is 0 Å². The van der Waals surface area contributed by atoms with Crippen molar-refractivity contribution in [1.82, 2.24) is 5.06 Å². The molecular formula is C19H31NO3. The smallest absolute Gasteiger partial charge is 0.163 e. The Morgan fingerprint density at radius 3 is 2.30 bits per heavy atom. The molecule has 1 saturated heterocycles. The number of nitrogens with zero attached hydrogens (tertiary/aromatic N) is 1. The molecule has 23 heavy (non-hydrogen) atoms. The predicted molar refractivity (Wildman–Crippen MR) is 91.7 cm³/mol. The van der Waals surface area contributed by atoms with E-state index in [1.807, 2.05) is 19.9 Å². The van der Waals surface area contributed by atoms with Gasteiger partial charge in [-0.3, -0.25) is 4.84 Å². The molecule has 1 aliphatic heterocycles. The second kappa shape index (κ2) is 7.75. The van der Waals surface area contributed by atoms with Crippen molar-refractivity contribution in [3.63, 3.8) is 0 Å². The van der Waals surface area contributed by atoms with Gasteiger partial charge in [0.15, 0.2) is 5.79 Å². The van der Waals surface area contributed by atoms with Gasteiger partial charge in [0.25, 0.3) is 0 Å². The quantitative estimate of drug-likeness (QED) is 0.710. The third-order valence-corrected chi connectivity index (χ3v) is 3.95. The van der Waals surface area contributed by atoms with E-state index in [9.17, 15) is 0 Å². The van der Waals surface area contributed by atoms with E-state index >= 15 is 0 Å². The maximum atomic E-state index is 6.16. The lowest BCUT2D eigenvalue weighted by Gasteiger charge is -2.37. The van der Waals surface area contributed by atoms with Gasteiger partial charge in [-0.05, 0) is 39.2 Å². The van der Waals surface area contributed by atoms with E-state index in [1.54, 1.807) is 0 Å². The van der Waals surface area contributed by atoms with Gasteiger partial charge in [0.1, 0.15) is 6.10 Å². The monoisotopic (exact) mass is 321 g/mol. The van der Waals surface area contributed by atoms with Crippen LogP contribution in [0.3, 0.4) is 0 Å². The Bertz CT molecular complexity index is 473. The number of hydrogen-bond donors (Lipinski definition) is 0. The topological polar surface area (TPSA) is 30.9 Å². The number of ether oxygens (including phenoxy) is 2. The van der Waals surface area contributed by atoms with Crippen LogP contribution in [0.25, 0.3) is 0 Å². The van der Waals surface area contributed by atoms with Gasteiger partial charge >= 0.3 is 0 Å². The molecule has 1 fully saturated rings. The van der Waals surface area contributed by atoms with Crippen LogP contribution >= 0.6 is 0 Å². The van der Waals surface area contributed by atoms with E-state index in [2.05, 4.69) is 57.0 Å². The van der Waals surface area contributed by atoms with Crippen molar-refractivity contribution in [2.45, 2.75) is 72.1 Å². The Kier molecular flexibility index (Phi) is 6.20. The maximum absolute atomic E-state index is 6.16. The summed E-state index contributed by atoms with van der Waals surface area (Å²) in [6.45, 7) is 13.8. The number of hydrogen-bond acceptors (Lipinski definition) is 4. The summed E-state index contributed by atoms with van der Waals surface area (Å²) in [6.07, 6.45) is 0.128. The average Bonchev–Trinajstić information content (AvgIpc) is 2.79. The van der Waals surface area contributed by atoms with E-state index in [1.165, 1.54) is 5.56 Å². The van der Waals surface area contributed by atoms with Gasteiger partial charge in [-0.1, -0.05) is 44.2 Å². The third kappa shape index (κ3) is 5.28. The van der Waals surface area contributed by atoms with Crippen molar-refractivity contribution in [2.24, 2.45) is 5.92 Å². The van der Waals surface area contributed by atoms with E-state index in [0.29, 0.717) is 12.5 Å². The van der Waals surface area contributed by atoms with Crippen LogP contribution in [0.2, 0.25) is 0 Å². The molecule has 0 spiro atoms. The van der Waals surface area contributed by atoms with Crippen LogP contribution < -0.4 is 0 Å². The van der Waals surface area contributed by atoms with E-state index in [-0.39, 0.29) is 18.2 Å². The lowest BCUT2D eigenvalue weighted by atomic mass is 9.98. The Hall–Kier alpha value is -0.940. The molecule has 0 radical (unpaired) electrons. The second-order valence-corrected chi connectivity index (χ2v) is 7.32. The first-order valence-electron chi connectivity index (χ1n) is 8.57. The first kappa shape index (κ1) is 18.4. The molecule has 1 aromatic rings. The molecule has 4 heteroatoms. The summed E-state index contributed by atoms with van der Waals surface area (Å²) in [7, 11) is 0. The molecule has 4 nitrogen and oxygen atoms in total. The fourth-order valence-corrected chi connectivity index (χ4v) is 3.08. The molecule has 0 saturated carbocycles. The van der Waals surface area contributed by atoms with E-state index < -0.39 is 5.79 Å². The highest BCUT2D eigenvalue weighted by atomic mass is 16.7. The molecule has 0 unspecified atom stereocenters. The van der Waals surface area contributed by atoms with Gasteiger partial charge in [-0.15, -0.1) is 0 Å². The molecule has 2 atom stereocenters. The van der Waals surface area contributed by atoms with Crippen LogP contribution in [0.5, 0.6) is 0 Å². The normalized spacial score (nSPS) is 22.2. The predicted octanol–water partition coefficient (Wildman–Crippen LogP) is 4.00. The molecule has 1 aliphatic rings. The zero-order valence-corrected chi connectivity index (χ0v) is 15.3. The van der Waals surface area contributed by atoms with Crippen molar-refractivity contribution in [3.05, 3.63) is 35.9 Å². The molecule has 0 amide bonds. The molecule has 1 aromatic carbocycles. The van der Waals surface area contributed by atoms with E-state index in [4.69, 9.17) is 14.3 Å². The van der Waals surface area contributed by atoms with Crippen molar-refractivity contribution in [1.29, 1.82) is 0 Å². The summed E-state index contributed by atoms with van der Waals surface area (Å²) in [6, 6.07) is 10.6. The largest absolute Gasteiger partial charge is 0.348 e. The van der Waals surface area contributed by atoms with Crippen LogP contribution in [0.1, 0.15) is 47.1 Å². The van der Waals surface area contributed by atoms with Gasteiger partial charge in [0, 0.05) is 6.54 Å². The van der Waals surface area contributed by atoms with Crippen LogP contribution in [0.15, 0.2) is 30.3 Å². The standard InChI is InChI=1S/C19H31NO3/c1-14(2)18(17-13-21-19(5,6)22-17)20(23-15(3)4)12-16-10-8-7-9-11-16/h7-11,14-15,17-18H,12-13H2,1-6H3/t17-,18+/m1/s1. The number of hydroxylamine groups is 2. The van der Waals surface area contributed by atoms with Crippen molar-refractivity contribution in [3.8, 4) is 0 Å². The van der Waals surface area contributed by atoms with Crippen molar-refractivity contribution < 1.29 is 14.3 Å². The summed E-state index contributed by atoms with van der Waals surface area (Å²) in [5.74, 6) is -0.131. The summed E-state index contributed by atoms with van der Waals surface area (Å²) >= 11 is 0. The summed E-state index contributed by atoms with van der Waals surface area (Å²) < 4.78 is 11.9. The van der Waals surface area contributed by atoms with Gasteiger partial charge in [-0.25, -0.2) is 0 Å². The molecule has 2 rings (SSSR count). The summed E-state index contributed by atoms with van der Waals surface area (Å²) in [5.41, 5.74) is 1.23. The zero-order chi connectivity index (χ0) is 17.0. The second-order valence-electron chi connectivity index (χ2n) is 7.32. The zero-order valence-electron chi connectivity index (χ0n) is 15.3. The minimum Gasteiger partial charge on any atom is -0.348 e. The summed E-state index contributed by atoms with van der Waals surface area (Å²) in [5, 5.41) is 2.08. The first-order valence-corrected chi connectivity index (χ1v) is 8.57. The SMILES string of the molecule is CC(C)ON(Cc1ccccc1)[C@@H](C(C)C)[C@H]1COC(C)(C)O1. The first-order chi connectivity index (χ1) is 10.8. The van der Waals surface area contributed by atoms with E-state index in [0.717, 1.165) is 6.54 Å². The average molecular weight is 321 g/mol. The van der Waals surface area contributed by atoms with Gasteiger partial charge in [0.05, 0.1) is 18.8 Å². The molecule has 0 bridgehead atoms. The molecule has 0 aromatic heterocycles. The van der Waals surface area contributed by atoms with Crippen LogP contribution in [0, 0.1) is 5.92 Å². The highest BCUT2D eigenvalue weighted by Crippen LogP contribution is 2.30. The van der Waals surface area contributed by atoms with Crippen molar-refractivity contribution in [2.75, 3.05) is 6.61 Å². The van der Waals surface area contributed by atoms with Gasteiger partial charge in [0.2, 0.25) is 0 Å². The van der Waals surface area contributed by atoms with Crippen LogP contribution in [-0.2, 0) is 20.9 Å². The minimum absolute atomic E-state index is 0.00691. The Morgan fingerprint density at radius 1 is 1.17 bits per heavy atom. The molecule has 1 heterocycles. The lowest BCUT2D eigenvalue weighted by molar-refractivity contribution is -0.250. The highest BCUT2D eigenvalue weighted by molar-refractivity contribution is 5.14. The number of rotatable bonds is 7. The molecule has 0 aliphatic carbocycles. The Labute approximate surface area is 140 Å². The maximum Gasteiger partial charge on any atom is 0.163 e. The summed E-state index contributed by atoms with van der Waals surface area (Å²) in [4.78, 5) is 6.16. The Balaban J connectivity index is 2.19. The molecule has 130 valence electrons. The Morgan fingerprint density at radius 2 is 1.83 bits per heavy atom. The van der Waals surface area contributed by atoms with Gasteiger partial charge < -0.3 is 9.47 Å². The fraction of sp³-hybridized carbons (Fsp3) is 0.684. The fourth-order valence-electron chi connectivity index (χ4n) is 3.08. The molecule has 0 N–H and O–H groups in total. The number of benzene rings is 1. The lowest BCUT2D eigenvalue weighted by Crippen LogP contribution is -2.49. The van der Waals surface area contributed by atoms with Crippen LogP contribution in [0.4, 0.5) is 0 Å². The van der Waals surface area contributed by atoms with Crippen LogP contribution in [-0.4, -0.2) is 35.7 Å². The molecular weight excluding hydrogens is 290 g/mol. The third-order valence-electron chi connectivity index (χ3n) is 3.95. The highest BCUT2D eigenvalue weighted by Gasteiger charge is 2.41. The minimum atomic E-state index is -0.520.